The zero-order valence-corrected chi connectivity index (χ0v) is 11.4. The summed E-state index contributed by atoms with van der Waals surface area (Å²) in [6.45, 7) is -0.151. The minimum absolute atomic E-state index is 0.151. The lowest BCUT2D eigenvalue weighted by Crippen LogP contribution is -2.17. The minimum atomic E-state index is -4.29. The van der Waals surface area contributed by atoms with Crippen LogP contribution >= 0.6 is 0 Å². The standard InChI is InChI=1S/C13H11F3N2O2S/c14-9-3-4-11(16)12(5-9)18-21(19,20)13-6-10(15)2-1-8(13)7-17/h1-6,18H,7,17H2. The van der Waals surface area contributed by atoms with Crippen LogP contribution in [0.15, 0.2) is 41.3 Å². The third kappa shape index (κ3) is 3.34. The van der Waals surface area contributed by atoms with Crippen molar-refractivity contribution >= 4 is 15.7 Å². The molecule has 0 spiro atoms. The van der Waals surface area contributed by atoms with E-state index in [1.165, 1.54) is 6.07 Å². The lowest BCUT2D eigenvalue weighted by Gasteiger charge is -2.12. The van der Waals surface area contributed by atoms with E-state index in [1.54, 1.807) is 0 Å². The molecule has 0 aliphatic rings. The molecule has 0 saturated carbocycles. The molecular weight excluding hydrogens is 305 g/mol. The van der Waals surface area contributed by atoms with Crippen molar-refractivity contribution in [1.82, 2.24) is 0 Å². The van der Waals surface area contributed by atoms with Gasteiger partial charge in [-0.25, -0.2) is 21.6 Å². The first-order valence-electron chi connectivity index (χ1n) is 5.80. The number of rotatable bonds is 4. The van der Waals surface area contributed by atoms with Crippen LogP contribution < -0.4 is 10.5 Å². The highest BCUT2D eigenvalue weighted by Crippen LogP contribution is 2.23. The average Bonchev–Trinajstić information content (AvgIpc) is 2.42. The summed E-state index contributed by atoms with van der Waals surface area (Å²) < 4.78 is 66.0. The Balaban J connectivity index is 2.48. The van der Waals surface area contributed by atoms with Crippen molar-refractivity contribution in [2.24, 2.45) is 5.73 Å². The van der Waals surface area contributed by atoms with Crippen molar-refractivity contribution in [2.75, 3.05) is 4.72 Å². The van der Waals surface area contributed by atoms with Gasteiger partial charge in [-0.1, -0.05) is 6.07 Å². The summed E-state index contributed by atoms with van der Waals surface area (Å²) in [5.41, 5.74) is 4.98. The Hall–Kier alpha value is -2.06. The smallest absolute Gasteiger partial charge is 0.262 e. The SMILES string of the molecule is NCc1ccc(F)cc1S(=O)(=O)Nc1cc(F)ccc1F. The monoisotopic (exact) mass is 316 g/mol. The van der Waals surface area contributed by atoms with Crippen LogP contribution in [0.4, 0.5) is 18.9 Å². The zero-order valence-electron chi connectivity index (χ0n) is 10.6. The lowest BCUT2D eigenvalue weighted by atomic mass is 10.2. The van der Waals surface area contributed by atoms with Crippen LogP contribution in [-0.4, -0.2) is 8.42 Å². The Morgan fingerprint density at radius 3 is 2.29 bits per heavy atom. The van der Waals surface area contributed by atoms with E-state index in [9.17, 15) is 21.6 Å². The predicted octanol–water partition coefficient (Wildman–Crippen LogP) is 2.36. The maximum absolute atomic E-state index is 13.5. The van der Waals surface area contributed by atoms with Gasteiger partial charge in [-0.15, -0.1) is 0 Å². The predicted molar refractivity (Wildman–Crippen MR) is 71.5 cm³/mol. The highest BCUT2D eigenvalue weighted by Gasteiger charge is 2.20. The fraction of sp³-hybridized carbons (Fsp3) is 0.0769. The first-order valence-corrected chi connectivity index (χ1v) is 7.28. The topological polar surface area (TPSA) is 72.2 Å². The van der Waals surface area contributed by atoms with E-state index in [0.717, 1.165) is 24.3 Å². The number of benzene rings is 2. The molecular formula is C13H11F3N2O2S. The first kappa shape index (κ1) is 15.3. The van der Waals surface area contributed by atoms with Crippen LogP contribution in [0.3, 0.4) is 0 Å². The third-order valence-electron chi connectivity index (χ3n) is 2.71. The average molecular weight is 316 g/mol. The summed E-state index contributed by atoms with van der Waals surface area (Å²) in [6, 6.07) is 5.36. The Morgan fingerprint density at radius 2 is 1.62 bits per heavy atom. The van der Waals surface area contributed by atoms with Crippen LogP contribution in [0.1, 0.15) is 5.56 Å². The minimum Gasteiger partial charge on any atom is -0.326 e. The molecule has 0 radical (unpaired) electrons. The molecule has 112 valence electrons. The van der Waals surface area contributed by atoms with Crippen LogP contribution in [-0.2, 0) is 16.6 Å². The van der Waals surface area contributed by atoms with E-state index in [-0.39, 0.29) is 12.1 Å². The van der Waals surface area contributed by atoms with Gasteiger partial charge in [0.05, 0.1) is 10.6 Å². The van der Waals surface area contributed by atoms with Gasteiger partial charge in [0.25, 0.3) is 10.0 Å². The number of anilines is 1. The van der Waals surface area contributed by atoms with Gasteiger partial charge in [0.1, 0.15) is 17.5 Å². The molecule has 0 heterocycles. The zero-order chi connectivity index (χ0) is 15.6. The lowest BCUT2D eigenvalue weighted by molar-refractivity contribution is 0.589. The van der Waals surface area contributed by atoms with Crippen molar-refractivity contribution in [1.29, 1.82) is 0 Å². The molecule has 0 saturated heterocycles. The number of hydrogen-bond donors (Lipinski definition) is 2. The summed E-state index contributed by atoms with van der Waals surface area (Å²) in [5, 5.41) is 0. The van der Waals surface area contributed by atoms with Gasteiger partial charge in [-0.05, 0) is 29.8 Å². The van der Waals surface area contributed by atoms with E-state index >= 15 is 0 Å². The van der Waals surface area contributed by atoms with E-state index in [1.807, 2.05) is 4.72 Å². The fourth-order valence-electron chi connectivity index (χ4n) is 1.72. The second-order valence-corrected chi connectivity index (χ2v) is 5.84. The number of nitrogens with one attached hydrogen (secondary N) is 1. The maximum Gasteiger partial charge on any atom is 0.262 e. The van der Waals surface area contributed by atoms with Crippen LogP contribution in [0.25, 0.3) is 0 Å². The molecule has 0 bridgehead atoms. The molecule has 8 heteroatoms. The second-order valence-electron chi connectivity index (χ2n) is 4.19. The molecule has 0 fully saturated rings. The Bertz CT molecular complexity index is 779. The highest BCUT2D eigenvalue weighted by atomic mass is 32.2. The van der Waals surface area contributed by atoms with E-state index < -0.39 is 38.1 Å². The number of nitrogens with two attached hydrogens (primary N) is 1. The van der Waals surface area contributed by atoms with Gasteiger partial charge in [0.2, 0.25) is 0 Å². The van der Waals surface area contributed by atoms with Crippen molar-refractivity contribution in [3.63, 3.8) is 0 Å². The summed E-state index contributed by atoms with van der Waals surface area (Å²) in [5.74, 6) is -2.55. The van der Waals surface area contributed by atoms with Gasteiger partial charge < -0.3 is 5.73 Å². The van der Waals surface area contributed by atoms with E-state index in [2.05, 4.69) is 0 Å². The molecule has 0 aliphatic heterocycles. The molecule has 2 aromatic carbocycles. The molecule has 0 atom stereocenters. The number of halogens is 3. The van der Waals surface area contributed by atoms with Gasteiger partial charge >= 0.3 is 0 Å². The third-order valence-corrected chi connectivity index (χ3v) is 4.16. The fourth-order valence-corrected chi connectivity index (χ4v) is 3.04. The molecule has 2 aromatic rings. The summed E-state index contributed by atoms with van der Waals surface area (Å²) in [4.78, 5) is -0.423. The molecule has 0 unspecified atom stereocenters. The molecule has 21 heavy (non-hydrogen) atoms. The van der Waals surface area contributed by atoms with Crippen LogP contribution in [0, 0.1) is 17.5 Å². The summed E-state index contributed by atoms with van der Waals surface area (Å²) in [6.07, 6.45) is 0. The first-order chi connectivity index (χ1) is 9.83. The molecule has 0 aromatic heterocycles. The second kappa shape index (κ2) is 5.74. The van der Waals surface area contributed by atoms with Crippen molar-refractivity contribution in [3.05, 3.63) is 59.4 Å². The normalized spacial score (nSPS) is 11.4. The molecule has 0 aliphatic carbocycles. The van der Waals surface area contributed by atoms with Gasteiger partial charge in [-0.3, -0.25) is 4.72 Å². The van der Waals surface area contributed by atoms with Crippen molar-refractivity contribution < 1.29 is 21.6 Å². The largest absolute Gasteiger partial charge is 0.326 e. The maximum atomic E-state index is 13.5. The van der Waals surface area contributed by atoms with Crippen molar-refractivity contribution in [2.45, 2.75) is 11.4 Å². The molecule has 4 nitrogen and oxygen atoms in total. The van der Waals surface area contributed by atoms with Gasteiger partial charge in [0, 0.05) is 12.6 Å². The van der Waals surface area contributed by atoms with Crippen LogP contribution in [0.2, 0.25) is 0 Å². The molecule has 3 N–H and O–H groups in total. The van der Waals surface area contributed by atoms with Crippen molar-refractivity contribution in [3.8, 4) is 0 Å². The Kier molecular flexibility index (Phi) is 4.19. The van der Waals surface area contributed by atoms with Crippen LogP contribution in [0.5, 0.6) is 0 Å². The number of sulfonamides is 1. The Labute approximate surface area is 119 Å². The summed E-state index contributed by atoms with van der Waals surface area (Å²) >= 11 is 0. The highest BCUT2D eigenvalue weighted by molar-refractivity contribution is 7.92. The number of hydrogen-bond acceptors (Lipinski definition) is 3. The van der Waals surface area contributed by atoms with E-state index in [0.29, 0.717) is 6.07 Å². The molecule has 0 amide bonds. The van der Waals surface area contributed by atoms with Gasteiger partial charge in [-0.2, -0.15) is 0 Å². The summed E-state index contributed by atoms with van der Waals surface area (Å²) in [7, 11) is -4.29. The quantitative estimate of drug-likeness (QED) is 0.909. The van der Waals surface area contributed by atoms with Gasteiger partial charge in [0.15, 0.2) is 0 Å². The Morgan fingerprint density at radius 1 is 1.00 bits per heavy atom. The molecule has 2 rings (SSSR count). The van der Waals surface area contributed by atoms with E-state index in [4.69, 9.17) is 5.73 Å².